The van der Waals surface area contributed by atoms with E-state index in [9.17, 15) is 9.59 Å². The van der Waals surface area contributed by atoms with Gasteiger partial charge in [0.1, 0.15) is 28.3 Å². The number of ether oxygens (including phenoxy) is 3. The van der Waals surface area contributed by atoms with Gasteiger partial charge < -0.3 is 24.4 Å². The highest BCUT2D eigenvalue weighted by Gasteiger charge is 2.37. The summed E-state index contributed by atoms with van der Waals surface area (Å²) in [7, 11) is 4.76. The van der Waals surface area contributed by atoms with E-state index in [4.69, 9.17) is 19.2 Å². The molecule has 0 aliphatic heterocycles. The number of hydrogen-bond acceptors (Lipinski definition) is 7. The molecule has 8 nitrogen and oxygen atoms in total. The summed E-state index contributed by atoms with van der Waals surface area (Å²) >= 11 is 1.48. The Morgan fingerprint density at radius 3 is 2.39 bits per heavy atom. The second-order valence-corrected chi connectivity index (χ2v) is 11.5. The van der Waals surface area contributed by atoms with Crippen LogP contribution in [0.5, 0.6) is 17.2 Å². The maximum Gasteiger partial charge on any atom is 0.247 e. The van der Waals surface area contributed by atoms with E-state index in [-0.39, 0.29) is 30.7 Å². The van der Waals surface area contributed by atoms with Crippen molar-refractivity contribution in [2.45, 2.75) is 38.3 Å². The lowest BCUT2D eigenvalue weighted by Gasteiger charge is -2.36. The third-order valence-corrected chi connectivity index (χ3v) is 8.62. The maximum atomic E-state index is 14.3. The number of nitrogens with zero attached hydrogens (tertiary/aromatic N) is 2. The van der Waals surface area contributed by atoms with Crippen LogP contribution in [0.4, 0.5) is 5.69 Å². The zero-order valence-corrected chi connectivity index (χ0v) is 26.0. The van der Waals surface area contributed by atoms with Crippen LogP contribution in [0.3, 0.4) is 0 Å². The lowest BCUT2D eigenvalue weighted by Crippen LogP contribution is -2.51. The quantitative estimate of drug-likeness (QED) is 0.178. The molecular formula is C35H37N3O5S. The molecule has 5 rings (SSSR count). The molecular weight excluding hydrogens is 574 g/mol. The predicted molar refractivity (Wildman–Crippen MR) is 173 cm³/mol. The third-order valence-electron chi connectivity index (χ3n) is 7.79. The van der Waals surface area contributed by atoms with Gasteiger partial charge in [0, 0.05) is 17.0 Å². The molecule has 0 fully saturated rings. The van der Waals surface area contributed by atoms with Gasteiger partial charge in [-0.1, -0.05) is 42.5 Å². The summed E-state index contributed by atoms with van der Waals surface area (Å²) < 4.78 is 16.2. The number of nitrogens with one attached hydrogen (secondary N) is 1. The van der Waals surface area contributed by atoms with Gasteiger partial charge in [-0.05, 0) is 67.1 Å². The van der Waals surface area contributed by atoms with Crippen molar-refractivity contribution in [1.82, 2.24) is 9.88 Å². The van der Waals surface area contributed by atoms with E-state index in [0.717, 1.165) is 40.4 Å². The van der Waals surface area contributed by atoms with Gasteiger partial charge >= 0.3 is 0 Å². The number of methoxy groups -OCH3 is 3. The Kier molecular flexibility index (Phi) is 10.3. The normalized spacial score (nSPS) is 14.8. The molecule has 1 N–H and O–H groups in total. The van der Waals surface area contributed by atoms with Crippen LogP contribution in [0.15, 0.2) is 90.3 Å². The Labute approximate surface area is 262 Å². The number of thiazole rings is 1. The fourth-order valence-electron chi connectivity index (χ4n) is 5.46. The first-order valence-electron chi connectivity index (χ1n) is 14.6. The summed E-state index contributed by atoms with van der Waals surface area (Å²) in [5, 5.41) is 5.81. The van der Waals surface area contributed by atoms with Crippen LogP contribution in [-0.4, -0.2) is 49.1 Å². The molecule has 9 heteroatoms. The van der Waals surface area contributed by atoms with Gasteiger partial charge in [0.15, 0.2) is 0 Å². The molecule has 0 spiro atoms. The molecule has 4 aromatic rings. The molecule has 228 valence electrons. The van der Waals surface area contributed by atoms with Crippen LogP contribution >= 0.6 is 11.3 Å². The summed E-state index contributed by atoms with van der Waals surface area (Å²) in [6.45, 7) is 0.213. The van der Waals surface area contributed by atoms with Gasteiger partial charge in [0.05, 0.1) is 45.7 Å². The Bertz CT molecular complexity index is 1590. The fourth-order valence-corrected chi connectivity index (χ4v) is 6.26. The van der Waals surface area contributed by atoms with Gasteiger partial charge in [-0.3, -0.25) is 9.59 Å². The molecule has 0 saturated heterocycles. The minimum absolute atomic E-state index is 0.0648. The van der Waals surface area contributed by atoms with Gasteiger partial charge in [0.25, 0.3) is 0 Å². The monoisotopic (exact) mass is 611 g/mol. The van der Waals surface area contributed by atoms with Crippen LogP contribution in [-0.2, 0) is 22.6 Å². The second-order valence-electron chi connectivity index (χ2n) is 10.6. The Morgan fingerprint density at radius 1 is 0.955 bits per heavy atom. The smallest absolute Gasteiger partial charge is 0.247 e. The number of carbonyl (C=O) groups is 2. The van der Waals surface area contributed by atoms with Crippen molar-refractivity contribution in [2.75, 3.05) is 26.6 Å². The van der Waals surface area contributed by atoms with Crippen molar-refractivity contribution in [3.8, 4) is 28.5 Å². The van der Waals surface area contributed by atoms with Gasteiger partial charge in [-0.2, -0.15) is 0 Å². The summed E-state index contributed by atoms with van der Waals surface area (Å²) in [5.74, 6) is 1.41. The molecule has 44 heavy (non-hydrogen) atoms. The molecule has 0 saturated carbocycles. The number of rotatable bonds is 12. The molecule has 2 atom stereocenters. The van der Waals surface area contributed by atoms with E-state index in [0.29, 0.717) is 23.6 Å². The predicted octanol–water partition coefficient (Wildman–Crippen LogP) is 6.77. The number of aromatic nitrogens is 1. The highest BCUT2D eigenvalue weighted by atomic mass is 32.1. The summed E-state index contributed by atoms with van der Waals surface area (Å²) in [4.78, 5) is 35.0. The van der Waals surface area contributed by atoms with Crippen LogP contribution in [0.25, 0.3) is 11.3 Å². The van der Waals surface area contributed by atoms with Crippen molar-refractivity contribution >= 4 is 28.8 Å². The fraction of sp³-hybridized carbons (Fsp3) is 0.286. The van der Waals surface area contributed by atoms with Crippen LogP contribution in [0, 0.1) is 5.92 Å². The molecule has 0 radical (unpaired) electrons. The van der Waals surface area contributed by atoms with Crippen molar-refractivity contribution in [3.05, 3.63) is 101 Å². The SMILES string of the molecule is COc1ccc(-c2csc(CN(C(=O)Cc3ccccc3)C(C(=O)Nc3ccc(OC)cc3OC)C3CC=CCC3)n2)cc1. The van der Waals surface area contributed by atoms with E-state index in [1.54, 1.807) is 44.4 Å². The number of allylic oxidation sites excluding steroid dienone is 2. The molecule has 0 bridgehead atoms. The number of amides is 2. The number of benzene rings is 3. The number of hydrogen-bond donors (Lipinski definition) is 1. The maximum absolute atomic E-state index is 14.3. The Hall–Kier alpha value is -4.63. The first-order valence-corrected chi connectivity index (χ1v) is 15.5. The van der Waals surface area contributed by atoms with Crippen LogP contribution in [0.1, 0.15) is 29.8 Å². The molecule has 2 amide bonds. The molecule has 3 aromatic carbocycles. The Balaban J connectivity index is 1.49. The molecule has 1 aliphatic rings. The number of anilines is 1. The largest absolute Gasteiger partial charge is 0.497 e. The van der Waals surface area contributed by atoms with Crippen LogP contribution in [0.2, 0.25) is 0 Å². The first-order chi connectivity index (χ1) is 21.5. The lowest BCUT2D eigenvalue weighted by molar-refractivity contribution is -0.141. The molecule has 1 aromatic heterocycles. The van der Waals surface area contributed by atoms with E-state index in [2.05, 4.69) is 17.5 Å². The summed E-state index contributed by atoms with van der Waals surface area (Å²) in [6, 6.07) is 21.9. The van der Waals surface area contributed by atoms with E-state index in [1.165, 1.54) is 11.3 Å². The second kappa shape index (κ2) is 14.7. The standard InChI is InChI=1S/C35H37N3O5S/c1-41-27-16-14-25(15-17-27)30-23-44-32(36-30)22-38(33(39)20-24-10-6-4-7-11-24)34(26-12-8-5-9-13-26)35(40)37-29-19-18-28(42-2)21-31(29)43-3/h4-8,10-11,14-19,21,23,26,34H,9,12-13,20,22H2,1-3H3,(H,37,40). The van der Waals surface area contributed by atoms with Crippen LogP contribution < -0.4 is 19.5 Å². The highest BCUT2D eigenvalue weighted by Crippen LogP contribution is 2.33. The third kappa shape index (κ3) is 7.47. The van der Waals surface area contributed by atoms with E-state index in [1.807, 2.05) is 60.0 Å². The highest BCUT2D eigenvalue weighted by molar-refractivity contribution is 7.09. The number of carbonyl (C=O) groups excluding carboxylic acids is 2. The van der Waals surface area contributed by atoms with Gasteiger partial charge in [0.2, 0.25) is 11.8 Å². The molecule has 2 unspecified atom stereocenters. The first kappa shape index (κ1) is 30.8. The van der Waals surface area contributed by atoms with E-state index >= 15 is 0 Å². The van der Waals surface area contributed by atoms with Gasteiger partial charge in [-0.15, -0.1) is 11.3 Å². The average molecular weight is 612 g/mol. The zero-order chi connectivity index (χ0) is 30.9. The van der Waals surface area contributed by atoms with Gasteiger partial charge in [-0.25, -0.2) is 4.98 Å². The lowest BCUT2D eigenvalue weighted by atomic mass is 9.85. The molecule has 1 heterocycles. The minimum Gasteiger partial charge on any atom is -0.497 e. The topological polar surface area (TPSA) is 90.0 Å². The Morgan fingerprint density at radius 2 is 1.70 bits per heavy atom. The summed E-state index contributed by atoms with van der Waals surface area (Å²) in [6.07, 6.45) is 6.75. The molecule has 1 aliphatic carbocycles. The van der Waals surface area contributed by atoms with Crippen molar-refractivity contribution in [2.24, 2.45) is 5.92 Å². The average Bonchev–Trinajstić information content (AvgIpc) is 3.54. The van der Waals surface area contributed by atoms with Crippen molar-refractivity contribution < 1.29 is 23.8 Å². The van der Waals surface area contributed by atoms with E-state index < -0.39 is 6.04 Å². The summed E-state index contributed by atoms with van der Waals surface area (Å²) in [5.41, 5.74) is 3.17. The van der Waals surface area contributed by atoms with Crippen molar-refractivity contribution in [3.63, 3.8) is 0 Å². The van der Waals surface area contributed by atoms with Crippen molar-refractivity contribution in [1.29, 1.82) is 0 Å². The zero-order valence-electron chi connectivity index (χ0n) is 25.2. The minimum atomic E-state index is -0.726.